The third-order valence-electron chi connectivity index (χ3n) is 19.3. The van der Waals surface area contributed by atoms with Crippen LogP contribution >= 0.6 is 0 Å². The Morgan fingerprint density at radius 3 is 1.14 bits per heavy atom. The molecule has 2 saturated carbocycles. The van der Waals surface area contributed by atoms with Gasteiger partial charge < -0.3 is 18.6 Å². The zero-order valence-corrected chi connectivity index (χ0v) is 47.9. The minimum atomic E-state index is -0.246. The first-order valence-electron chi connectivity index (χ1n) is 30.4. The van der Waals surface area contributed by atoms with E-state index < -0.39 is 0 Å². The van der Waals surface area contributed by atoms with Crippen LogP contribution in [-0.4, -0.2) is 0 Å². The van der Waals surface area contributed by atoms with E-state index in [4.69, 9.17) is 8.83 Å². The fourth-order valence-electron chi connectivity index (χ4n) is 14.8. The van der Waals surface area contributed by atoms with Crippen molar-refractivity contribution >= 4 is 99.5 Å². The number of rotatable bonds is 10. The van der Waals surface area contributed by atoms with Crippen molar-refractivity contribution in [1.29, 1.82) is 0 Å². The predicted molar refractivity (Wildman–Crippen MR) is 343 cm³/mol. The first-order chi connectivity index (χ1) is 39.6. The highest BCUT2D eigenvalue weighted by atomic mass is 16.3. The van der Waals surface area contributed by atoms with E-state index in [1.165, 1.54) is 152 Å². The number of hydrogen-bond acceptors (Lipinski definition) is 4. The van der Waals surface area contributed by atoms with E-state index in [1.807, 2.05) is 0 Å². The molecule has 10 aromatic carbocycles. The summed E-state index contributed by atoms with van der Waals surface area (Å²) < 4.78 is 14.4. The molecule has 0 saturated heterocycles. The summed E-state index contributed by atoms with van der Waals surface area (Å²) in [4.78, 5) is 4.86. The Kier molecular flexibility index (Phi) is 12.1. The molecule has 0 unspecified atom stereocenters. The van der Waals surface area contributed by atoms with Gasteiger partial charge in [0.05, 0.1) is 11.4 Å². The summed E-state index contributed by atoms with van der Waals surface area (Å²) >= 11 is 0. The Morgan fingerprint density at radius 1 is 0.370 bits per heavy atom. The van der Waals surface area contributed by atoms with Crippen molar-refractivity contribution < 1.29 is 8.83 Å². The number of benzene rings is 10. The van der Waals surface area contributed by atoms with Crippen LogP contribution < -0.4 is 9.80 Å². The zero-order valence-electron chi connectivity index (χ0n) is 47.9. The van der Waals surface area contributed by atoms with Crippen LogP contribution in [0.5, 0.6) is 0 Å². The molecule has 402 valence electrons. The highest BCUT2D eigenvalue weighted by Crippen LogP contribution is 2.53. The molecule has 81 heavy (non-hydrogen) atoms. The van der Waals surface area contributed by atoms with Crippen LogP contribution in [0.2, 0.25) is 0 Å². The van der Waals surface area contributed by atoms with Gasteiger partial charge in [0, 0.05) is 49.7 Å². The lowest BCUT2D eigenvalue weighted by molar-refractivity contribution is 0.442. The first-order valence-corrected chi connectivity index (χ1v) is 30.4. The van der Waals surface area contributed by atoms with Crippen molar-refractivity contribution in [3.05, 3.63) is 215 Å². The topological polar surface area (TPSA) is 32.8 Å². The largest absolute Gasteiger partial charge is 0.454 e. The van der Waals surface area contributed by atoms with E-state index in [9.17, 15) is 0 Å². The Labute approximate surface area is 477 Å². The minimum absolute atomic E-state index is 0.246. The number of anilines is 6. The van der Waals surface area contributed by atoms with Crippen LogP contribution in [0.3, 0.4) is 0 Å². The van der Waals surface area contributed by atoms with Gasteiger partial charge in [-0.3, -0.25) is 0 Å². The SMILES string of the molecule is CC(C)c1ccc(N(c2ccc3cc4c(cc3c2)C(C)(C)c2cc3cc(N(c5ccc(C(C)C)cc5)c5cccc6c5oc5c(C7CCCCC7)cccc56)ccc3cc2-4)c2cccc3c2oc2c(C4CCCCC4)cccc23)cc1. The molecule has 2 fully saturated rings. The summed E-state index contributed by atoms with van der Waals surface area (Å²) in [5, 5.41) is 9.67. The average molecular weight is 1060 g/mol. The van der Waals surface area contributed by atoms with Gasteiger partial charge in [-0.05, 0) is 200 Å². The summed E-state index contributed by atoms with van der Waals surface area (Å²) in [6, 6.07) is 69.4. The highest BCUT2D eigenvalue weighted by Gasteiger charge is 2.37. The van der Waals surface area contributed by atoms with Gasteiger partial charge in [-0.2, -0.15) is 0 Å². The molecule has 2 heterocycles. The third-order valence-corrected chi connectivity index (χ3v) is 19.3. The van der Waals surface area contributed by atoms with Gasteiger partial charge in [0.1, 0.15) is 11.2 Å². The van der Waals surface area contributed by atoms with Gasteiger partial charge in [-0.25, -0.2) is 0 Å². The number of fused-ring (bicyclic) bond motifs is 11. The summed E-state index contributed by atoms with van der Waals surface area (Å²) in [5.74, 6) is 1.95. The second kappa shape index (κ2) is 19.6. The third kappa shape index (κ3) is 8.29. The quantitative estimate of drug-likeness (QED) is 0.137. The van der Waals surface area contributed by atoms with Crippen LogP contribution in [0.1, 0.15) is 163 Å². The van der Waals surface area contributed by atoms with Crippen LogP contribution in [0.4, 0.5) is 34.1 Å². The molecule has 0 atom stereocenters. The molecule has 2 aromatic heterocycles. The predicted octanol–water partition coefficient (Wildman–Crippen LogP) is 23.4. The molecule has 0 aliphatic heterocycles. The fraction of sp³-hybridized carbons (Fsp3) is 0.273. The van der Waals surface area contributed by atoms with E-state index in [1.54, 1.807) is 0 Å². The van der Waals surface area contributed by atoms with Gasteiger partial charge in [0.2, 0.25) is 0 Å². The molecule has 0 spiro atoms. The fourth-order valence-corrected chi connectivity index (χ4v) is 14.8. The number of nitrogens with zero attached hydrogens (tertiary/aromatic N) is 2. The van der Waals surface area contributed by atoms with Crippen molar-refractivity contribution in [3.63, 3.8) is 0 Å². The van der Waals surface area contributed by atoms with E-state index in [0.29, 0.717) is 23.7 Å². The Bertz CT molecular complexity index is 4120. The Morgan fingerprint density at radius 2 is 0.741 bits per heavy atom. The van der Waals surface area contributed by atoms with Gasteiger partial charge >= 0.3 is 0 Å². The molecule has 12 aromatic rings. The minimum Gasteiger partial charge on any atom is -0.454 e. The average Bonchev–Trinajstić information content (AvgIpc) is 3.45. The standard InChI is InChI=1S/C77H72N2O2/c1-47(2)49-29-35-57(36-30-49)78(71-27-15-25-65-63-23-13-21-61(73(63)80-75(65)71)51-17-9-7-10-18-51)59-39-33-53-43-67-68-44-54-34-40-60(42-56(54)46-70(68)77(5,6)69(67)45-55(53)41-59)79(58-37-31-50(32-38-58)48(3)4)72-28-16-26-66-64-24-14-22-62(74(64)81-76(66)72)52-19-11-8-12-20-52/h13-16,21-48,51-52H,7-12,17-20H2,1-6H3. The van der Waals surface area contributed by atoms with E-state index in [0.717, 1.165) is 56.5 Å². The first kappa shape index (κ1) is 49.9. The number of hydrogen-bond donors (Lipinski definition) is 0. The molecule has 3 aliphatic rings. The maximum atomic E-state index is 7.18. The normalized spacial score (nSPS) is 15.8. The lowest BCUT2D eigenvalue weighted by atomic mass is 9.81. The summed E-state index contributed by atoms with van der Waals surface area (Å²) in [7, 11) is 0. The maximum Gasteiger partial charge on any atom is 0.159 e. The van der Waals surface area contributed by atoms with Gasteiger partial charge in [0.25, 0.3) is 0 Å². The van der Waals surface area contributed by atoms with Gasteiger partial charge in [-0.1, -0.05) is 177 Å². The van der Waals surface area contributed by atoms with Crippen molar-refractivity contribution in [2.24, 2.45) is 0 Å². The molecule has 0 radical (unpaired) electrons. The summed E-state index contributed by atoms with van der Waals surface area (Å²) in [5.41, 5.74) is 21.0. The zero-order chi connectivity index (χ0) is 54.7. The second-order valence-electron chi connectivity index (χ2n) is 25.3. The van der Waals surface area contributed by atoms with Crippen LogP contribution in [0.15, 0.2) is 191 Å². The lowest BCUT2D eigenvalue weighted by Crippen LogP contribution is -2.15. The molecular formula is C77H72N2O2. The molecule has 0 N–H and O–H groups in total. The van der Waals surface area contributed by atoms with E-state index in [-0.39, 0.29) is 5.41 Å². The van der Waals surface area contributed by atoms with E-state index in [2.05, 4.69) is 233 Å². The molecule has 4 heteroatoms. The summed E-state index contributed by atoms with van der Waals surface area (Å²) in [6.45, 7) is 13.9. The second-order valence-corrected chi connectivity index (χ2v) is 25.3. The van der Waals surface area contributed by atoms with Crippen LogP contribution in [0.25, 0.3) is 76.5 Å². The Hall–Kier alpha value is -8.08. The smallest absolute Gasteiger partial charge is 0.159 e. The van der Waals surface area contributed by atoms with Crippen LogP contribution in [-0.2, 0) is 5.41 Å². The summed E-state index contributed by atoms with van der Waals surface area (Å²) in [6.07, 6.45) is 12.7. The molecule has 15 rings (SSSR count). The van der Waals surface area contributed by atoms with Crippen molar-refractivity contribution in [2.45, 2.75) is 135 Å². The molecular weight excluding hydrogens is 985 g/mol. The number of furan rings is 2. The Balaban J connectivity index is 0.835. The van der Waals surface area contributed by atoms with Gasteiger partial charge in [-0.15, -0.1) is 0 Å². The van der Waals surface area contributed by atoms with E-state index >= 15 is 0 Å². The molecule has 0 amide bonds. The van der Waals surface area contributed by atoms with Crippen LogP contribution in [0, 0.1) is 0 Å². The molecule has 0 bridgehead atoms. The monoisotopic (exact) mass is 1060 g/mol. The highest BCUT2D eigenvalue weighted by molar-refractivity contribution is 6.13. The van der Waals surface area contributed by atoms with Gasteiger partial charge in [0.15, 0.2) is 11.2 Å². The molecule has 3 aliphatic carbocycles. The van der Waals surface area contributed by atoms with Crippen molar-refractivity contribution in [3.8, 4) is 11.1 Å². The van der Waals surface area contributed by atoms with Crippen molar-refractivity contribution in [1.82, 2.24) is 0 Å². The number of para-hydroxylation sites is 4. The maximum absolute atomic E-state index is 7.18. The lowest BCUT2D eigenvalue weighted by Gasteiger charge is -2.27. The van der Waals surface area contributed by atoms with Crippen molar-refractivity contribution in [2.75, 3.05) is 9.80 Å². The molecule has 4 nitrogen and oxygen atoms in total.